The molecule has 0 bridgehead atoms. The van der Waals surface area contributed by atoms with Crippen molar-refractivity contribution in [2.75, 3.05) is 19.5 Å². The van der Waals surface area contributed by atoms with E-state index in [1.807, 2.05) is 67.6 Å². The first-order valence-corrected chi connectivity index (χ1v) is 9.68. The highest BCUT2D eigenvalue weighted by Crippen LogP contribution is 2.35. The number of methoxy groups -OCH3 is 2. The van der Waals surface area contributed by atoms with Crippen molar-refractivity contribution in [1.29, 1.82) is 5.26 Å². The Bertz CT molecular complexity index is 1280. The standard InChI is InChI=1S/C25H21N3O3/c1-16-12-21-20(13-24(16)30-3)25(17(14-26)15-27-21)28-18-8-10-19(11-9-18)31-23-7-5-4-6-22(23)29-2/h4-13,15H,1-3H3,(H,27,28). The predicted molar refractivity (Wildman–Crippen MR) is 121 cm³/mol. The van der Waals surface area contributed by atoms with Crippen LogP contribution in [-0.4, -0.2) is 19.2 Å². The van der Waals surface area contributed by atoms with Crippen molar-refractivity contribution in [2.24, 2.45) is 0 Å². The van der Waals surface area contributed by atoms with E-state index in [-0.39, 0.29) is 0 Å². The van der Waals surface area contributed by atoms with E-state index in [0.29, 0.717) is 28.5 Å². The molecule has 0 aliphatic carbocycles. The Labute approximate surface area is 180 Å². The van der Waals surface area contributed by atoms with E-state index < -0.39 is 0 Å². The molecule has 0 fully saturated rings. The number of nitrogens with zero attached hydrogens (tertiary/aromatic N) is 2. The molecule has 0 saturated carbocycles. The largest absolute Gasteiger partial charge is 0.496 e. The molecule has 6 heteroatoms. The molecule has 3 aromatic carbocycles. The van der Waals surface area contributed by atoms with E-state index >= 15 is 0 Å². The van der Waals surface area contributed by atoms with Gasteiger partial charge in [-0.05, 0) is 61.0 Å². The van der Waals surface area contributed by atoms with E-state index in [4.69, 9.17) is 14.2 Å². The number of anilines is 2. The Kier molecular flexibility index (Phi) is 5.59. The van der Waals surface area contributed by atoms with E-state index in [9.17, 15) is 5.26 Å². The summed E-state index contributed by atoms with van der Waals surface area (Å²) < 4.78 is 16.7. The van der Waals surface area contributed by atoms with Gasteiger partial charge in [-0.15, -0.1) is 0 Å². The topological polar surface area (TPSA) is 76.4 Å². The van der Waals surface area contributed by atoms with Gasteiger partial charge in [-0.3, -0.25) is 4.98 Å². The Morgan fingerprint density at radius 1 is 0.903 bits per heavy atom. The molecule has 0 radical (unpaired) electrons. The van der Waals surface area contributed by atoms with E-state index in [0.717, 1.165) is 27.9 Å². The van der Waals surface area contributed by atoms with Gasteiger partial charge in [0.25, 0.3) is 0 Å². The monoisotopic (exact) mass is 411 g/mol. The van der Waals surface area contributed by atoms with Crippen molar-refractivity contribution in [2.45, 2.75) is 6.92 Å². The zero-order valence-electron chi connectivity index (χ0n) is 17.5. The van der Waals surface area contributed by atoms with E-state index in [1.165, 1.54) is 0 Å². The second-order valence-electron chi connectivity index (χ2n) is 6.90. The first-order chi connectivity index (χ1) is 15.1. The molecular weight excluding hydrogens is 390 g/mol. The fraction of sp³-hybridized carbons (Fsp3) is 0.120. The van der Waals surface area contributed by atoms with Crippen LogP contribution in [0.15, 0.2) is 66.9 Å². The van der Waals surface area contributed by atoms with Crippen LogP contribution in [0.25, 0.3) is 10.9 Å². The van der Waals surface area contributed by atoms with Crippen LogP contribution in [0.3, 0.4) is 0 Å². The zero-order valence-corrected chi connectivity index (χ0v) is 17.5. The summed E-state index contributed by atoms with van der Waals surface area (Å²) in [7, 11) is 3.24. The maximum atomic E-state index is 9.60. The molecule has 0 aliphatic rings. The number of nitriles is 1. The minimum absolute atomic E-state index is 0.452. The molecule has 0 amide bonds. The fourth-order valence-electron chi connectivity index (χ4n) is 3.34. The summed E-state index contributed by atoms with van der Waals surface area (Å²) in [6.07, 6.45) is 1.58. The Balaban J connectivity index is 1.65. The Morgan fingerprint density at radius 3 is 2.29 bits per heavy atom. The average molecular weight is 411 g/mol. The molecule has 4 rings (SSSR count). The number of rotatable bonds is 6. The Hall–Kier alpha value is -4.24. The zero-order chi connectivity index (χ0) is 21.8. The summed E-state index contributed by atoms with van der Waals surface area (Å²) in [4.78, 5) is 4.42. The van der Waals surface area contributed by atoms with Gasteiger partial charge in [0, 0.05) is 17.3 Å². The second kappa shape index (κ2) is 8.64. The molecule has 4 aromatic rings. The minimum Gasteiger partial charge on any atom is -0.496 e. The molecular formula is C25H21N3O3. The summed E-state index contributed by atoms with van der Waals surface area (Å²) in [5, 5.41) is 13.8. The number of benzene rings is 3. The van der Waals surface area contributed by atoms with Crippen molar-refractivity contribution in [3.63, 3.8) is 0 Å². The van der Waals surface area contributed by atoms with Crippen molar-refractivity contribution in [1.82, 2.24) is 4.98 Å². The third-order valence-electron chi connectivity index (χ3n) is 4.93. The highest BCUT2D eigenvalue weighted by molar-refractivity contribution is 5.97. The van der Waals surface area contributed by atoms with Crippen LogP contribution >= 0.6 is 0 Å². The molecule has 0 aliphatic heterocycles. The highest BCUT2D eigenvalue weighted by Gasteiger charge is 2.12. The molecule has 1 heterocycles. The molecule has 0 atom stereocenters. The maximum Gasteiger partial charge on any atom is 0.169 e. The number of fused-ring (bicyclic) bond motifs is 1. The average Bonchev–Trinajstić information content (AvgIpc) is 2.80. The molecule has 6 nitrogen and oxygen atoms in total. The summed E-state index contributed by atoms with van der Waals surface area (Å²) in [5.41, 5.74) is 3.72. The van der Waals surface area contributed by atoms with Crippen molar-refractivity contribution in [3.8, 4) is 29.1 Å². The molecule has 1 N–H and O–H groups in total. The normalized spacial score (nSPS) is 10.4. The van der Waals surface area contributed by atoms with Gasteiger partial charge >= 0.3 is 0 Å². The van der Waals surface area contributed by atoms with Crippen LogP contribution in [0.2, 0.25) is 0 Å². The van der Waals surface area contributed by atoms with Crippen molar-refractivity contribution in [3.05, 3.63) is 78.0 Å². The predicted octanol–water partition coefficient (Wildman–Crippen LogP) is 5.97. The van der Waals surface area contributed by atoms with Crippen LogP contribution in [0, 0.1) is 18.3 Å². The second-order valence-corrected chi connectivity index (χ2v) is 6.90. The smallest absolute Gasteiger partial charge is 0.169 e. The minimum atomic E-state index is 0.452. The summed E-state index contributed by atoms with van der Waals surface area (Å²) in [5.74, 6) is 2.72. The molecule has 0 saturated heterocycles. The Morgan fingerprint density at radius 2 is 1.61 bits per heavy atom. The van der Waals surface area contributed by atoms with Gasteiger partial charge in [0.15, 0.2) is 11.5 Å². The molecule has 0 spiro atoms. The van der Waals surface area contributed by atoms with Crippen LogP contribution in [0.1, 0.15) is 11.1 Å². The third kappa shape index (κ3) is 4.07. The SMILES string of the molecule is COc1cc2c(Nc3ccc(Oc4ccccc4OC)cc3)c(C#N)cnc2cc1C. The molecule has 154 valence electrons. The number of aromatic nitrogens is 1. The van der Waals surface area contributed by atoms with Gasteiger partial charge in [0.05, 0.1) is 31.0 Å². The number of hydrogen-bond acceptors (Lipinski definition) is 6. The highest BCUT2D eigenvalue weighted by atomic mass is 16.5. The first-order valence-electron chi connectivity index (χ1n) is 9.68. The lowest BCUT2D eigenvalue weighted by atomic mass is 10.1. The summed E-state index contributed by atoms with van der Waals surface area (Å²) in [6, 6.07) is 21.0. The lowest BCUT2D eigenvalue weighted by Gasteiger charge is -2.14. The van der Waals surface area contributed by atoms with Crippen LogP contribution < -0.4 is 19.5 Å². The van der Waals surface area contributed by atoms with Gasteiger partial charge in [0.1, 0.15) is 17.6 Å². The first kappa shape index (κ1) is 20.0. The summed E-state index contributed by atoms with van der Waals surface area (Å²) in [6.45, 7) is 1.96. The molecule has 31 heavy (non-hydrogen) atoms. The fourth-order valence-corrected chi connectivity index (χ4v) is 3.34. The van der Waals surface area contributed by atoms with Gasteiger partial charge in [-0.25, -0.2) is 0 Å². The van der Waals surface area contributed by atoms with Crippen LogP contribution in [-0.2, 0) is 0 Å². The van der Waals surface area contributed by atoms with Gasteiger partial charge in [0.2, 0.25) is 0 Å². The van der Waals surface area contributed by atoms with E-state index in [1.54, 1.807) is 20.4 Å². The number of aryl methyl sites for hydroxylation is 1. The van der Waals surface area contributed by atoms with Crippen molar-refractivity contribution >= 4 is 22.3 Å². The molecule has 1 aromatic heterocycles. The number of para-hydroxylation sites is 2. The number of ether oxygens (including phenoxy) is 3. The van der Waals surface area contributed by atoms with Crippen LogP contribution in [0.4, 0.5) is 11.4 Å². The lowest BCUT2D eigenvalue weighted by molar-refractivity contribution is 0.379. The number of pyridine rings is 1. The maximum absolute atomic E-state index is 9.60. The summed E-state index contributed by atoms with van der Waals surface area (Å²) >= 11 is 0. The molecule has 0 unspecified atom stereocenters. The number of nitrogens with one attached hydrogen (secondary N) is 1. The van der Waals surface area contributed by atoms with Crippen LogP contribution in [0.5, 0.6) is 23.0 Å². The van der Waals surface area contributed by atoms with Gasteiger partial charge < -0.3 is 19.5 Å². The van der Waals surface area contributed by atoms with Crippen molar-refractivity contribution < 1.29 is 14.2 Å². The number of hydrogen-bond donors (Lipinski definition) is 1. The third-order valence-corrected chi connectivity index (χ3v) is 4.93. The lowest BCUT2D eigenvalue weighted by Crippen LogP contribution is -1.98. The quantitative estimate of drug-likeness (QED) is 0.421. The van der Waals surface area contributed by atoms with E-state index in [2.05, 4.69) is 16.4 Å². The van der Waals surface area contributed by atoms with Gasteiger partial charge in [-0.2, -0.15) is 5.26 Å². The van der Waals surface area contributed by atoms with Gasteiger partial charge in [-0.1, -0.05) is 12.1 Å².